The molecule has 7 heteroatoms. The van der Waals surface area contributed by atoms with Crippen LogP contribution >= 0.6 is 0 Å². The first-order chi connectivity index (χ1) is 8.49. The Labute approximate surface area is 103 Å². The van der Waals surface area contributed by atoms with Crippen LogP contribution in [0.5, 0.6) is 5.75 Å². The van der Waals surface area contributed by atoms with Crippen LogP contribution < -0.4 is 21.5 Å². The fraction of sp³-hybridized carbons (Fsp3) is 0.273. The van der Waals surface area contributed by atoms with E-state index in [9.17, 15) is 9.59 Å². The zero-order valence-electron chi connectivity index (χ0n) is 9.42. The number of hydrogen-bond acceptors (Lipinski definition) is 5. The van der Waals surface area contributed by atoms with E-state index < -0.39 is 18.1 Å². The highest BCUT2D eigenvalue weighted by atomic mass is 16.5. The van der Waals surface area contributed by atoms with E-state index in [1.165, 1.54) is 0 Å². The minimum atomic E-state index is -1.21. The number of fused-ring (bicyclic) bond motifs is 1. The van der Waals surface area contributed by atoms with E-state index in [0.29, 0.717) is 17.0 Å². The number of hydrogen-bond donors (Lipinski definition) is 4. The Kier molecular flexibility index (Phi) is 3.17. The topological polar surface area (TPSA) is 128 Å². The first-order valence-corrected chi connectivity index (χ1v) is 5.29. The normalized spacial score (nSPS) is 17.1. The maximum Gasteiger partial charge on any atom is 0.322 e. The van der Waals surface area contributed by atoms with Crippen LogP contribution in [0.25, 0.3) is 0 Å². The summed E-state index contributed by atoms with van der Waals surface area (Å²) in [5.74, 6) is -0.925. The van der Waals surface area contributed by atoms with Crippen molar-refractivity contribution in [1.82, 2.24) is 0 Å². The van der Waals surface area contributed by atoms with Gasteiger partial charge in [-0.3, -0.25) is 9.59 Å². The predicted molar refractivity (Wildman–Crippen MR) is 63.1 cm³/mol. The fourth-order valence-corrected chi connectivity index (χ4v) is 1.67. The van der Waals surface area contributed by atoms with Crippen molar-refractivity contribution in [3.63, 3.8) is 0 Å². The number of carboxylic acid groups (broad SMARTS) is 1. The van der Waals surface area contributed by atoms with Crippen molar-refractivity contribution in [3.8, 4) is 5.75 Å². The minimum Gasteiger partial charge on any atom is -0.482 e. The molecule has 0 fully saturated rings. The average Bonchev–Trinajstić information content (AvgIpc) is 2.35. The highest BCUT2D eigenvalue weighted by Crippen LogP contribution is 2.30. The van der Waals surface area contributed by atoms with E-state index in [1.54, 1.807) is 18.2 Å². The summed E-state index contributed by atoms with van der Waals surface area (Å²) in [6, 6.07) is 2.76. The lowest BCUT2D eigenvalue weighted by atomic mass is 10.00. The molecule has 96 valence electrons. The molecule has 1 aliphatic rings. The van der Waals surface area contributed by atoms with Crippen LogP contribution in [0.1, 0.15) is 11.6 Å². The molecule has 2 atom stereocenters. The molecule has 18 heavy (non-hydrogen) atoms. The van der Waals surface area contributed by atoms with Gasteiger partial charge >= 0.3 is 5.97 Å². The Morgan fingerprint density at radius 3 is 2.83 bits per heavy atom. The Balaban J connectivity index is 2.28. The number of ether oxygens (including phenoxy) is 1. The lowest BCUT2D eigenvalue weighted by molar-refractivity contribution is -0.139. The molecule has 1 aliphatic heterocycles. The molecular weight excluding hydrogens is 238 g/mol. The number of nitrogens with two attached hydrogens (primary N) is 2. The lowest BCUT2D eigenvalue weighted by Gasteiger charge is -2.21. The second-order valence-corrected chi connectivity index (χ2v) is 3.98. The van der Waals surface area contributed by atoms with Crippen molar-refractivity contribution in [2.24, 2.45) is 11.5 Å². The number of amides is 1. The Bertz CT molecular complexity index is 503. The third-order valence-corrected chi connectivity index (χ3v) is 2.69. The van der Waals surface area contributed by atoms with Crippen LogP contribution in [-0.2, 0) is 9.59 Å². The Hall–Kier alpha value is -2.12. The van der Waals surface area contributed by atoms with Gasteiger partial charge in [-0.15, -0.1) is 0 Å². The molecule has 7 nitrogen and oxygen atoms in total. The molecule has 0 spiro atoms. The summed E-state index contributed by atoms with van der Waals surface area (Å²) < 4.78 is 5.18. The van der Waals surface area contributed by atoms with E-state index in [4.69, 9.17) is 21.3 Å². The van der Waals surface area contributed by atoms with Gasteiger partial charge in [0.2, 0.25) is 0 Å². The smallest absolute Gasteiger partial charge is 0.322 e. The maximum absolute atomic E-state index is 11.2. The molecule has 0 aliphatic carbocycles. The monoisotopic (exact) mass is 251 g/mol. The van der Waals surface area contributed by atoms with Crippen LogP contribution in [0, 0.1) is 0 Å². The maximum atomic E-state index is 11.2. The zero-order valence-corrected chi connectivity index (χ0v) is 9.42. The molecule has 1 amide bonds. The molecule has 1 aromatic rings. The van der Waals surface area contributed by atoms with Gasteiger partial charge in [0.1, 0.15) is 11.8 Å². The van der Waals surface area contributed by atoms with E-state index in [0.717, 1.165) is 0 Å². The van der Waals surface area contributed by atoms with Gasteiger partial charge in [-0.1, -0.05) is 6.07 Å². The van der Waals surface area contributed by atoms with Crippen molar-refractivity contribution in [2.75, 3.05) is 11.9 Å². The van der Waals surface area contributed by atoms with E-state index in [-0.39, 0.29) is 12.5 Å². The van der Waals surface area contributed by atoms with Crippen LogP contribution in [0.15, 0.2) is 18.2 Å². The number of carbonyl (C=O) groups is 2. The van der Waals surface area contributed by atoms with Gasteiger partial charge in [-0.25, -0.2) is 0 Å². The summed E-state index contributed by atoms with van der Waals surface area (Å²) in [5, 5.41) is 11.4. The molecule has 1 heterocycles. The molecule has 0 bridgehead atoms. The molecule has 1 aromatic carbocycles. The van der Waals surface area contributed by atoms with Gasteiger partial charge in [0, 0.05) is 0 Å². The number of nitrogens with one attached hydrogen (secondary N) is 1. The summed E-state index contributed by atoms with van der Waals surface area (Å²) in [4.78, 5) is 21.9. The third-order valence-electron chi connectivity index (χ3n) is 2.69. The van der Waals surface area contributed by atoms with Gasteiger partial charge in [0.15, 0.2) is 6.61 Å². The summed E-state index contributed by atoms with van der Waals surface area (Å²) in [5.41, 5.74) is 12.2. The molecule has 6 N–H and O–H groups in total. The van der Waals surface area contributed by atoms with Crippen LogP contribution in [0.4, 0.5) is 5.69 Å². The molecule has 0 aromatic heterocycles. The summed E-state index contributed by atoms with van der Waals surface area (Å²) >= 11 is 0. The number of rotatable bonds is 3. The van der Waals surface area contributed by atoms with Crippen LogP contribution in [-0.4, -0.2) is 29.6 Å². The Morgan fingerprint density at radius 2 is 2.17 bits per heavy atom. The number of carbonyl (C=O) groups excluding carboxylic acids is 1. The molecule has 0 saturated heterocycles. The quantitative estimate of drug-likeness (QED) is 0.569. The summed E-state index contributed by atoms with van der Waals surface area (Å²) in [6.07, 6.45) is 0. The number of aliphatic carboxylic acids is 1. The second-order valence-electron chi connectivity index (χ2n) is 3.98. The van der Waals surface area contributed by atoms with Gasteiger partial charge < -0.3 is 26.6 Å². The Morgan fingerprint density at radius 1 is 1.44 bits per heavy atom. The fourth-order valence-electron chi connectivity index (χ4n) is 1.67. The van der Waals surface area contributed by atoms with Crippen molar-refractivity contribution >= 4 is 17.6 Å². The number of benzene rings is 1. The SMILES string of the molecule is NC(C(=O)O)C(N)c1ccc2c(c1)NC(=O)CO2. The number of anilines is 1. The molecule has 0 radical (unpaired) electrons. The molecule has 2 rings (SSSR count). The van der Waals surface area contributed by atoms with Gasteiger partial charge in [-0.2, -0.15) is 0 Å². The third kappa shape index (κ3) is 2.27. The highest BCUT2D eigenvalue weighted by Gasteiger charge is 2.24. The molecule has 2 unspecified atom stereocenters. The van der Waals surface area contributed by atoms with Crippen molar-refractivity contribution < 1.29 is 19.4 Å². The van der Waals surface area contributed by atoms with Gasteiger partial charge in [0.05, 0.1) is 11.7 Å². The summed E-state index contributed by atoms with van der Waals surface area (Å²) in [7, 11) is 0. The first-order valence-electron chi connectivity index (χ1n) is 5.29. The minimum absolute atomic E-state index is 0.0347. The molecular formula is C11H13N3O4. The second kappa shape index (κ2) is 4.63. The van der Waals surface area contributed by atoms with Crippen molar-refractivity contribution in [1.29, 1.82) is 0 Å². The molecule has 0 saturated carbocycles. The van der Waals surface area contributed by atoms with Crippen LogP contribution in [0.3, 0.4) is 0 Å². The average molecular weight is 251 g/mol. The van der Waals surface area contributed by atoms with E-state index in [1.807, 2.05) is 0 Å². The first kappa shape index (κ1) is 12.3. The van der Waals surface area contributed by atoms with Crippen molar-refractivity contribution in [3.05, 3.63) is 23.8 Å². The lowest BCUT2D eigenvalue weighted by Crippen LogP contribution is -2.40. The van der Waals surface area contributed by atoms with E-state index >= 15 is 0 Å². The predicted octanol–water partition coefficient (Wildman–Crippen LogP) is -0.571. The van der Waals surface area contributed by atoms with Crippen molar-refractivity contribution in [2.45, 2.75) is 12.1 Å². The largest absolute Gasteiger partial charge is 0.482 e. The van der Waals surface area contributed by atoms with Crippen LogP contribution in [0.2, 0.25) is 0 Å². The number of carboxylic acids is 1. The van der Waals surface area contributed by atoms with Gasteiger partial charge in [0.25, 0.3) is 5.91 Å². The zero-order chi connectivity index (χ0) is 13.3. The standard InChI is InChI=1S/C11H13N3O4/c12-9(10(13)11(16)17)5-1-2-7-6(3-5)14-8(15)4-18-7/h1-3,9-10H,4,12-13H2,(H,14,15)(H,16,17). The highest BCUT2D eigenvalue weighted by molar-refractivity contribution is 5.95. The van der Waals surface area contributed by atoms with E-state index in [2.05, 4.69) is 5.32 Å². The van der Waals surface area contributed by atoms with Gasteiger partial charge in [-0.05, 0) is 17.7 Å². The summed E-state index contributed by atoms with van der Waals surface area (Å²) in [6.45, 7) is -0.0347.